The maximum absolute atomic E-state index is 6.22. The minimum absolute atomic E-state index is 0.564. The van der Waals surface area contributed by atoms with Crippen LogP contribution in [0.5, 0.6) is 0 Å². The molecule has 1 aromatic heterocycles. The predicted octanol–water partition coefficient (Wildman–Crippen LogP) is 5.46. The van der Waals surface area contributed by atoms with Crippen LogP contribution in [0.1, 0.15) is 32.4 Å². The average Bonchev–Trinajstić information content (AvgIpc) is 2.50. The van der Waals surface area contributed by atoms with Crippen molar-refractivity contribution in [2.45, 2.75) is 33.6 Å². The molecule has 0 atom stereocenters. The first-order chi connectivity index (χ1) is 11.0. The molecule has 1 N–H and O–H groups in total. The van der Waals surface area contributed by atoms with E-state index < -0.39 is 0 Å². The Morgan fingerprint density at radius 1 is 1.04 bits per heavy atom. The van der Waals surface area contributed by atoms with Crippen molar-refractivity contribution in [2.24, 2.45) is 0 Å². The van der Waals surface area contributed by atoms with Crippen LogP contribution in [-0.4, -0.2) is 23.1 Å². The van der Waals surface area contributed by atoms with Crippen LogP contribution >= 0.6 is 23.2 Å². The van der Waals surface area contributed by atoms with Gasteiger partial charge in [0.15, 0.2) is 0 Å². The summed E-state index contributed by atoms with van der Waals surface area (Å²) < 4.78 is 0. The maximum Gasteiger partial charge on any atom is 0.227 e. The fourth-order valence-corrected chi connectivity index (χ4v) is 2.85. The molecule has 2 rings (SSSR count). The fraction of sp³-hybridized carbons (Fsp3) is 0.412. The smallest absolute Gasteiger partial charge is 0.227 e. The molecule has 0 saturated heterocycles. The molecule has 0 aliphatic rings. The van der Waals surface area contributed by atoms with Crippen molar-refractivity contribution in [2.75, 3.05) is 23.3 Å². The lowest BCUT2D eigenvalue weighted by molar-refractivity contribution is 0.720. The molecule has 0 saturated carbocycles. The predicted molar refractivity (Wildman–Crippen MR) is 99.3 cm³/mol. The largest absolute Gasteiger partial charge is 0.341 e. The quantitative estimate of drug-likeness (QED) is 0.717. The number of para-hydroxylation sites is 1. The van der Waals surface area contributed by atoms with E-state index >= 15 is 0 Å². The van der Waals surface area contributed by atoms with E-state index in [1.54, 1.807) is 12.1 Å². The molecule has 23 heavy (non-hydrogen) atoms. The van der Waals surface area contributed by atoms with E-state index in [1.807, 2.05) is 19.1 Å². The summed E-state index contributed by atoms with van der Waals surface area (Å²) in [4.78, 5) is 11.4. The van der Waals surface area contributed by atoms with Gasteiger partial charge in [0.05, 0.1) is 15.7 Å². The lowest BCUT2D eigenvalue weighted by Crippen LogP contribution is -2.27. The van der Waals surface area contributed by atoms with Crippen molar-refractivity contribution in [1.29, 1.82) is 0 Å². The Kier molecular flexibility index (Phi) is 6.48. The number of hydrogen-bond donors (Lipinski definition) is 1. The zero-order valence-electron chi connectivity index (χ0n) is 13.7. The summed E-state index contributed by atoms with van der Waals surface area (Å²) in [6.07, 6.45) is 2.10. The van der Waals surface area contributed by atoms with Gasteiger partial charge in [-0.1, -0.05) is 43.1 Å². The fourth-order valence-electron chi connectivity index (χ4n) is 2.36. The number of anilines is 3. The van der Waals surface area contributed by atoms with Crippen LogP contribution in [0.15, 0.2) is 24.3 Å². The van der Waals surface area contributed by atoms with Crippen molar-refractivity contribution in [3.63, 3.8) is 0 Å². The Morgan fingerprint density at radius 2 is 1.65 bits per heavy atom. The molecule has 1 heterocycles. The monoisotopic (exact) mass is 352 g/mol. The van der Waals surface area contributed by atoms with E-state index in [2.05, 4.69) is 34.0 Å². The summed E-state index contributed by atoms with van der Waals surface area (Å²) in [6.45, 7) is 8.13. The number of halogens is 2. The number of nitrogens with zero attached hydrogens (tertiary/aromatic N) is 3. The summed E-state index contributed by atoms with van der Waals surface area (Å²) in [6, 6.07) is 7.30. The van der Waals surface area contributed by atoms with E-state index in [1.165, 1.54) is 0 Å². The normalized spacial score (nSPS) is 10.7. The molecule has 0 spiro atoms. The molecule has 0 radical (unpaired) electrons. The summed E-state index contributed by atoms with van der Waals surface area (Å²) >= 11 is 12.4. The molecule has 6 heteroatoms. The Bertz CT molecular complexity index is 635. The minimum atomic E-state index is 0.564. The molecular formula is C17H22Cl2N4. The van der Waals surface area contributed by atoms with Gasteiger partial charge in [-0.25, -0.2) is 4.98 Å². The second kappa shape index (κ2) is 8.37. The molecule has 0 fully saturated rings. The van der Waals surface area contributed by atoms with Gasteiger partial charge in [0.25, 0.3) is 0 Å². The van der Waals surface area contributed by atoms with Crippen LogP contribution in [0.4, 0.5) is 17.5 Å². The van der Waals surface area contributed by atoms with Gasteiger partial charge in [-0.3, -0.25) is 0 Å². The van der Waals surface area contributed by atoms with E-state index in [-0.39, 0.29) is 0 Å². The second-order valence-electron chi connectivity index (χ2n) is 5.40. The highest BCUT2D eigenvalue weighted by molar-refractivity contribution is 6.39. The summed E-state index contributed by atoms with van der Waals surface area (Å²) in [5.74, 6) is 1.43. The first-order valence-corrected chi connectivity index (χ1v) is 8.62. The van der Waals surface area contributed by atoms with Gasteiger partial charge >= 0.3 is 0 Å². The van der Waals surface area contributed by atoms with Gasteiger partial charge in [0.1, 0.15) is 5.82 Å². The maximum atomic E-state index is 6.22. The first-order valence-electron chi connectivity index (χ1n) is 7.86. The molecule has 124 valence electrons. The van der Waals surface area contributed by atoms with Crippen LogP contribution in [0, 0.1) is 6.92 Å². The van der Waals surface area contributed by atoms with Gasteiger partial charge in [-0.2, -0.15) is 4.98 Å². The Labute approximate surface area is 147 Å². The highest BCUT2D eigenvalue weighted by Crippen LogP contribution is 2.32. The molecule has 0 amide bonds. The van der Waals surface area contributed by atoms with Gasteiger partial charge < -0.3 is 10.2 Å². The third kappa shape index (κ3) is 4.72. The topological polar surface area (TPSA) is 41.1 Å². The molecule has 4 nitrogen and oxygen atoms in total. The zero-order valence-corrected chi connectivity index (χ0v) is 15.2. The van der Waals surface area contributed by atoms with Gasteiger partial charge in [-0.15, -0.1) is 0 Å². The summed E-state index contributed by atoms with van der Waals surface area (Å²) in [7, 11) is 0. The molecule has 0 aliphatic carbocycles. The first kappa shape index (κ1) is 17.8. The third-order valence-electron chi connectivity index (χ3n) is 3.33. The van der Waals surface area contributed by atoms with Crippen LogP contribution in [0.3, 0.4) is 0 Å². The van der Waals surface area contributed by atoms with Crippen LogP contribution < -0.4 is 10.2 Å². The van der Waals surface area contributed by atoms with Gasteiger partial charge in [-0.05, 0) is 31.9 Å². The van der Waals surface area contributed by atoms with E-state index in [0.717, 1.165) is 37.6 Å². The third-order valence-corrected chi connectivity index (χ3v) is 3.96. The average molecular weight is 353 g/mol. The lowest BCUT2D eigenvalue weighted by Gasteiger charge is -2.22. The Balaban J connectivity index is 2.33. The van der Waals surface area contributed by atoms with E-state index in [0.29, 0.717) is 21.6 Å². The van der Waals surface area contributed by atoms with Crippen LogP contribution in [0.2, 0.25) is 10.0 Å². The number of hydrogen-bond acceptors (Lipinski definition) is 4. The second-order valence-corrected chi connectivity index (χ2v) is 6.22. The van der Waals surface area contributed by atoms with Crippen LogP contribution in [0.25, 0.3) is 0 Å². The summed E-state index contributed by atoms with van der Waals surface area (Å²) in [5, 5.41) is 4.35. The highest BCUT2D eigenvalue weighted by Gasteiger charge is 2.12. The summed E-state index contributed by atoms with van der Waals surface area (Å²) in [5.41, 5.74) is 1.57. The van der Waals surface area contributed by atoms with Crippen molar-refractivity contribution >= 4 is 40.7 Å². The van der Waals surface area contributed by atoms with Crippen LogP contribution in [-0.2, 0) is 0 Å². The minimum Gasteiger partial charge on any atom is -0.341 e. The molecule has 0 bridgehead atoms. The SMILES string of the molecule is CCCN(CCC)c1nc(C)cc(Nc2c(Cl)cccc2Cl)n1. The van der Waals surface area contributed by atoms with Crippen molar-refractivity contribution in [1.82, 2.24) is 9.97 Å². The molecule has 1 aromatic carbocycles. The van der Waals surface area contributed by atoms with Crippen molar-refractivity contribution in [3.05, 3.63) is 40.0 Å². The number of aromatic nitrogens is 2. The number of benzene rings is 1. The standard InChI is InChI=1S/C17H22Cl2N4/c1-4-9-23(10-5-2)17-20-12(3)11-15(22-17)21-16-13(18)7-6-8-14(16)19/h6-8,11H,4-5,9-10H2,1-3H3,(H,20,21,22). The molecular weight excluding hydrogens is 331 g/mol. The zero-order chi connectivity index (χ0) is 16.8. The molecule has 0 unspecified atom stereocenters. The van der Waals surface area contributed by atoms with Gasteiger partial charge in [0, 0.05) is 24.8 Å². The molecule has 0 aliphatic heterocycles. The van der Waals surface area contributed by atoms with Crippen molar-refractivity contribution in [3.8, 4) is 0 Å². The highest BCUT2D eigenvalue weighted by atomic mass is 35.5. The Hall–Kier alpha value is -1.52. The number of rotatable bonds is 7. The molecule has 2 aromatic rings. The van der Waals surface area contributed by atoms with Crippen molar-refractivity contribution < 1.29 is 0 Å². The lowest BCUT2D eigenvalue weighted by atomic mass is 10.3. The van der Waals surface area contributed by atoms with E-state index in [4.69, 9.17) is 23.2 Å². The number of nitrogens with one attached hydrogen (secondary N) is 1. The Morgan fingerprint density at radius 3 is 2.22 bits per heavy atom. The van der Waals surface area contributed by atoms with Gasteiger partial charge in [0.2, 0.25) is 5.95 Å². The van der Waals surface area contributed by atoms with E-state index in [9.17, 15) is 0 Å². The number of aryl methyl sites for hydroxylation is 1.